The first-order chi connectivity index (χ1) is 29.2. The summed E-state index contributed by atoms with van der Waals surface area (Å²) in [5.41, 5.74) is 14.8. The van der Waals surface area contributed by atoms with E-state index in [1.807, 2.05) is 35.6 Å². The average molecular weight is 770 g/mol. The lowest BCUT2D eigenvalue weighted by Crippen LogP contribution is -1.96. The van der Waals surface area contributed by atoms with Crippen LogP contribution in [-0.4, -0.2) is 15.0 Å². The van der Waals surface area contributed by atoms with Crippen LogP contribution >= 0.6 is 11.3 Å². The first-order valence-corrected chi connectivity index (χ1v) is 20.7. The summed E-state index contributed by atoms with van der Waals surface area (Å²) in [4.78, 5) is 15.7. The van der Waals surface area contributed by atoms with Crippen molar-refractivity contribution in [3.63, 3.8) is 0 Å². The van der Waals surface area contributed by atoms with Crippen LogP contribution in [0.1, 0.15) is 0 Å². The molecule has 0 saturated heterocycles. The van der Waals surface area contributed by atoms with Crippen molar-refractivity contribution in [3.8, 4) is 78.5 Å². The van der Waals surface area contributed by atoms with Crippen LogP contribution in [0.4, 0.5) is 0 Å². The third kappa shape index (κ3) is 6.46. The zero-order chi connectivity index (χ0) is 39.1. The molecule has 0 saturated carbocycles. The zero-order valence-corrected chi connectivity index (χ0v) is 32.8. The van der Waals surface area contributed by atoms with Crippen molar-refractivity contribution in [2.75, 3.05) is 0 Å². The lowest BCUT2D eigenvalue weighted by molar-refractivity contribution is 1.18. The molecule has 0 aliphatic heterocycles. The summed E-state index contributed by atoms with van der Waals surface area (Å²) >= 11 is 1.83. The van der Waals surface area contributed by atoms with Gasteiger partial charge in [0.2, 0.25) is 0 Å². The number of aromatic nitrogens is 3. The molecular formula is C55H35N3S. The van der Waals surface area contributed by atoms with Crippen molar-refractivity contribution in [1.82, 2.24) is 15.0 Å². The van der Waals surface area contributed by atoms with E-state index in [9.17, 15) is 0 Å². The molecule has 3 heterocycles. The second-order valence-corrected chi connectivity index (χ2v) is 15.8. The number of rotatable bonds is 7. The van der Waals surface area contributed by atoms with Gasteiger partial charge in [-0.3, -0.25) is 0 Å². The lowest BCUT2D eigenvalue weighted by atomic mass is 9.94. The summed E-state index contributed by atoms with van der Waals surface area (Å²) in [6.45, 7) is 0. The van der Waals surface area contributed by atoms with E-state index in [0.29, 0.717) is 5.82 Å². The van der Waals surface area contributed by atoms with Gasteiger partial charge < -0.3 is 0 Å². The van der Waals surface area contributed by atoms with Crippen LogP contribution in [0.25, 0.3) is 110 Å². The number of nitrogens with zero attached hydrogens (tertiary/aromatic N) is 3. The molecule has 0 aliphatic rings. The Balaban J connectivity index is 1.01. The highest BCUT2D eigenvalue weighted by atomic mass is 32.1. The normalized spacial score (nSPS) is 11.4. The molecule has 0 spiro atoms. The Morgan fingerprint density at radius 1 is 0.322 bits per heavy atom. The molecule has 0 atom stereocenters. The molecule has 11 aromatic rings. The Hall–Kier alpha value is -7.53. The number of thiophene rings is 1. The standard InChI is InChI=1S/C55H35N3S/c1-4-15-36(16-5-1)37-29-31-38(32-30-37)48-35-49(57-55(56-48)40-19-8-3-9-20-40)44-24-13-22-42(34-44)41-21-12-23-43(33-41)45-26-14-27-47-51-46-25-10-11-28-50(46)59-54(51)52(58-53(45)47)39-17-6-2-7-18-39/h1-35H. The summed E-state index contributed by atoms with van der Waals surface area (Å²) in [6, 6.07) is 74.9. The molecule has 0 bridgehead atoms. The first-order valence-electron chi connectivity index (χ1n) is 19.8. The van der Waals surface area contributed by atoms with Gasteiger partial charge in [0.25, 0.3) is 0 Å². The molecule has 0 radical (unpaired) electrons. The second-order valence-electron chi connectivity index (χ2n) is 14.8. The zero-order valence-electron chi connectivity index (χ0n) is 32.0. The molecule has 0 aliphatic carbocycles. The van der Waals surface area contributed by atoms with E-state index in [0.717, 1.165) is 67.1 Å². The smallest absolute Gasteiger partial charge is 0.160 e. The van der Waals surface area contributed by atoms with Crippen LogP contribution in [-0.2, 0) is 0 Å². The summed E-state index contributed by atoms with van der Waals surface area (Å²) in [5, 5.41) is 3.71. The van der Waals surface area contributed by atoms with Gasteiger partial charge in [-0.05, 0) is 52.1 Å². The molecule has 0 fully saturated rings. The maximum Gasteiger partial charge on any atom is 0.160 e. The summed E-state index contributed by atoms with van der Waals surface area (Å²) in [5.74, 6) is 0.698. The number of hydrogen-bond donors (Lipinski definition) is 0. The molecular weight excluding hydrogens is 735 g/mol. The monoisotopic (exact) mass is 769 g/mol. The summed E-state index contributed by atoms with van der Waals surface area (Å²) in [7, 11) is 0. The highest BCUT2D eigenvalue weighted by molar-refractivity contribution is 7.26. The SMILES string of the molecule is c1ccc(-c2ccc(-c3cc(-c4cccc(-c5cccc(-c6cccc7c6nc(-c6ccccc6)c6sc8ccccc8c67)c5)c4)nc(-c4ccccc4)n3)cc2)cc1. The largest absolute Gasteiger partial charge is 0.246 e. The maximum absolute atomic E-state index is 5.48. The number of benzene rings is 8. The molecule has 0 N–H and O–H groups in total. The van der Waals surface area contributed by atoms with E-state index in [-0.39, 0.29) is 0 Å². The fraction of sp³-hybridized carbons (Fsp3) is 0. The number of pyridine rings is 1. The van der Waals surface area contributed by atoms with Gasteiger partial charge in [-0.2, -0.15) is 0 Å². The summed E-state index contributed by atoms with van der Waals surface area (Å²) < 4.78 is 2.49. The van der Waals surface area contributed by atoms with E-state index >= 15 is 0 Å². The molecule has 4 heteroatoms. The third-order valence-corrected chi connectivity index (χ3v) is 12.3. The summed E-state index contributed by atoms with van der Waals surface area (Å²) in [6.07, 6.45) is 0. The Morgan fingerprint density at radius 2 is 0.831 bits per heavy atom. The Morgan fingerprint density at radius 3 is 1.56 bits per heavy atom. The van der Waals surface area contributed by atoms with Crippen molar-refractivity contribution < 1.29 is 0 Å². The topological polar surface area (TPSA) is 38.7 Å². The van der Waals surface area contributed by atoms with Crippen LogP contribution in [0.5, 0.6) is 0 Å². The van der Waals surface area contributed by atoms with Crippen molar-refractivity contribution >= 4 is 42.4 Å². The molecule has 11 rings (SSSR count). The van der Waals surface area contributed by atoms with Gasteiger partial charge in [-0.25, -0.2) is 15.0 Å². The fourth-order valence-corrected chi connectivity index (χ4v) is 9.41. The van der Waals surface area contributed by atoms with Gasteiger partial charge in [-0.1, -0.05) is 188 Å². The number of hydrogen-bond acceptors (Lipinski definition) is 4. The van der Waals surface area contributed by atoms with Crippen molar-refractivity contribution in [3.05, 3.63) is 212 Å². The van der Waals surface area contributed by atoms with E-state index in [4.69, 9.17) is 15.0 Å². The second kappa shape index (κ2) is 14.8. The van der Waals surface area contributed by atoms with Crippen LogP contribution in [0.3, 0.4) is 0 Å². The molecule has 3 nitrogen and oxygen atoms in total. The maximum atomic E-state index is 5.48. The van der Waals surface area contributed by atoms with Crippen LogP contribution in [0, 0.1) is 0 Å². The van der Waals surface area contributed by atoms with Gasteiger partial charge in [0.05, 0.1) is 27.3 Å². The van der Waals surface area contributed by atoms with Gasteiger partial charge in [0.1, 0.15) is 0 Å². The van der Waals surface area contributed by atoms with Crippen LogP contribution in [0.15, 0.2) is 212 Å². The van der Waals surface area contributed by atoms with Crippen molar-refractivity contribution in [2.24, 2.45) is 0 Å². The van der Waals surface area contributed by atoms with Crippen molar-refractivity contribution in [2.45, 2.75) is 0 Å². The third-order valence-electron chi connectivity index (χ3n) is 11.1. The number of para-hydroxylation sites is 1. The van der Waals surface area contributed by atoms with Crippen LogP contribution < -0.4 is 0 Å². The molecule has 0 unspecified atom stereocenters. The van der Waals surface area contributed by atoms with Crippen LogP contribution in [0.2, 0.25) is 0 Å². The quantitative estimate of drug-likeness (QED) is 0.162. The minimum Gasteiger partial charge on any atom is -0.246 e. The van der Waals surface area contributed by atoms with Gasteiger partial charge in [-0.15, -0.1) is 11.3 Å². The molecule has 0 amide bonds. The predicted molar refractivity (Wildman–Crippen MR) is 248 cm³/mol. The van der Waals surface area contributed by atoms with Gasteiger partial charge in [0.15, 0.2) is 5.82 Å². The average Bonchev–Trinajstić information content (AvgIpc) is 3.72. The van der Waals surface area contributed by atoms with E-state index in [2.05, 4.69) is 188 Å². The fourth-order valence-electron chi connectivity index (χ4n) is 8.18. The molecule has 59 heavy (non-hydrogen) atoms. The number of fused-ring (bicyclic) bond motifs is 5. The Labute approximate surface area is 346 Å². The predicted octanol–water partition coefficient (Wildman–Crippen LogP) is 15.1. The highest BCUT2D eigenvalue weighted by Gasteiger charge is 2.19. The Bertz CT molecular complexity index is 3300. The van der Waals surface area contributed by atoms with Gasteiger partial charge in [0, 0.05) is 48.7 Å². The van der Waals surface area contributed by atoms with E-state index in [1.165, 1.54) is 36.7 Å². The molecule has 3 aromatic heterocycles. The first kappa shape index (κ1) is 34.7. The minimum atomic E-state index is 0.698. The van der Waals surface area contributed by atoms with E-state index < -0.39 is 0 Å². The van der Waals surface area contributed by atoms with Crippen molar-refractivity contribution in [1.29, 1.82) is 0 Å². The highest BCUT2D eigenvalue weighted by Crippen LogP contribution is 2.45. The van der Waals surface area contributed by atoms with E-state index in [1.54, 1.807) is 0 Å². The minimum absolute atomic E-state index is 0.698. The Kier molecular flexibility index (Phi) is 8.68. The lowest BCUT2D eigenvalue weighted by Gasteiger charge is -2.13. The van der Waals surface area contributed by atoms with Gasteiger partial charge >= 0.3 is 0 Å². The molecule has 8 aromatic carbocycles. The molecule has 276 valence electrons.